The third-order valence-corrected chi connectivity index (χ3v) is 2.67. The van der Waals surface area contributed by atoms with Gasteiger partial charge < -0.3 is 14.8 Å². The standard InChI is InChI=1S/C14H15N3O3/c1-19-12-4-3-11(9-16-12)14(18)17-8-10-5-6-15-13(7-10)20-2/h3-7,9H,8H2,1-2H3,(H,17,18). The number of rotatable bonds is 5. The van der Waals surface area contributed by atoms with Crippen LogP contribution < -0.4 is 14.8 Å². The van der Waals surface area contributed by atoms with E-state index in [1.165, 1.54) is 13.3 Å². The molecule has 0 bridgehead atoms. The molecule has 0 aliphatic heterocycles. The molecular formula is C14H15N3O3. The fraction of sp³-hybridized carbons (Fsp3) is 0.214. The average molecular weight is 273 g/mol. The fourth-order valence-electron chi connectivity index (χ4n) is 1.59. The highest BCUT2D eigenvalue weighted by atomic mass is 16.5. The van der Waals surface area contributed by atoms with Gasteiger partial charge in [0.2, 0.25) is 11.8 Å². The molecule has 2 heterocycles. The zero-order valence-corrected chi connectivity index (χ0v) is 11.3. The van der Waals surface area contributed by atoms with Crippen LogP contribution in [0, 0.1) is 0 Å². The number of hydrogen-bond acceptors (Lipinski definition) is 5. The lowest BCUT2D eigenvalue weighted by molar-refractivity contribution is 0.0950. The van der Waals surface area contributed by atoms with E-state index in [0.717, 1.165) is 5.56 Å². The van der Waals surface area contributed by atoms with Crippen LogP contribution in [-0.2, 0) is 6.54 Å². The van der Waals surface area contributed by atoms with Crippen LogP contribution in [0.15, 0.2) is 36.7 Å². The number of pyridine rings is 2. The lowest BCUT2D eigenvalue weighted by Gasteiger charge is -2.06. The maximum atomic E-state index is 11.9. The summed E-state index contributed by atoms with van der Waals surface area (Å²) < 4.78 is 9.96. The van der Waals surface area contributed by atoms with Gasteiger partial charge in [-0.1, -0.05) is 0 Å². The van der Waals surface area contributed by atoms with Gasteiger partial charge in [0.05, 0.1) is 19.8 Å². The highest BCUT2D eigenvalue weighted by molar-refractivity contribution is 5.93. The number of hydrogen-bond donors (Lipinski definition) is 1. The Bertz CT molecular complexity index is 584. The van der Waals surface area contributed by atoms with E-state index >= 15 is 0 Å². The lowest BCUT2D eigenvalue weighted by Crippen LogP contribution is -2.22. The van der Waals surface area contributed by atoms with E-state index in [1.54, 1.807) is 31.5 Å². The molecule has 0 atom stereocenters. The van der Waals surface area contributed by atoms with E-state index in [0.29, 0.717) is 23.9 Å². The normalized spacial score (nSPS) is 9.90. The predicted octanol–water partition coefficient (Wildman–Crippen LogP) is 1.42. The number of nitrogens with zero attached hydrogens (tertiary/aromatic N) is 2. The van der Waals surface area contributed by atoms with Crippen molar-refractivity contribution in [1.29, 1.82) is 0 Å². The Hall–Kier alpha value is -2.63. The minimum Gasteiger partial charge on any atom is -0.481 e. The van der Waals surface area contributed by atoms with E-state index in [1.807, 2.05) is 6.07 Å². The van der Waals surface area contributed by atoms with Crippen molar-refractivity contribution in [3.05, 3.63) is 47.8 Å². The van der Waals surface area contributed by atoms with Crippen LogP contribution in [-0.4, -0.2) is 30.1 Å². The molecule has 2 aromatic rings. The molecule has 104 valence electrons. The van der Waals surface area contributed by atoms with Gasteiger partial charge in [0.15, 0.2) is 0 Å². The Morgan fingerprint density at radius 1 is 1.15 bits per heavy atom. The largest absolute Gasteiger partial charge is 0.481 e. The molecule has 20 heavy (non-hydrogen) atoms. The smallest absolute Gasteiger partial charge is 0.253 e. The van der Waals surface area contributed by atoms with Crippen molar-refractivity contribution in [3.63, 3.8) is 0 Å². The zero-order chi connectivity index (χ0) is 14.4. The number of carbonyl (C=O) groups excluding carboxylic acids is 1. The van der Waals surface area contributed by atoms with Crippen molar-refractivity contribution >= 4 is 5.91 Å². The first-order valence-corrected chi connectivity index (χ1v) is 6.00. The van der Waals surface area contributed by atoms with Crippen LogP contribution in [0.4, 0.5) is 0 Å². The second-order valence-electron chi connectivity index (χ2n) is 3.98. The van der Waals surface area contributed by atoms with Gasteiger partial charge in [-0.3, -0.25) is 4.79 Å². The van der Waals surface area contributed by atoms with Crippen LogP contribution >= 0.6 is 0 Å². The van der Waals surface area contributed by atoms with Crippen molar-refractivity contribution in [2.75, 3.05) is 14.2 Å². The van der Waals surface area contributed by atoms with Crippen molar-refractivity contribution in [1.82, 2.24) is 15.3 Å². The molecular weight excluding hydrogens is 258 g/mol. The first-order chi connectivity index (χ1) is 9.72. The number of amides is 1. The first kappa shape index (κ1) is 13.8. The Kier molecular flexibility index (Phi) is 4.49. The summed E-state index contributed by atoms with van der Waals surface area (Å²) in [6.45, 7) is 0.393. The highest BCUT2D eigenvalue weighted by Crippen LogP contribution is 2.09. The Balaban J connectivity index is 1.97. The number of ether oxygens (including phenoxy) is 2. The second-order valence-corrected chi connectivity index (χ2v) is 3.98. The van der Waals surface area contributed by atoms with E-state index < -0.39 is 0 Å². The first-order valence-electron chi connectivity index (χ1n) is 6.00. The van der Waals surface area contributed by atoms with Gasteiger partial charge >= 0.3 is 0 Å². The summed E-state index contributed by atoms with van der Waals surface area (Å²) in [5.74, 6) is 0.791. The van der Waals surface area contributed by atoms with E-state index in [2.05, 4.69) is 15.3 Å². The summed E-state index contributed by atoms with van der Waals surface area (Å²) in [4.78, 5) is 19.9. The minimum atomic E-state index is -0.198. The molecule has 0 radical (unpaired) electrons. The highest BCUT2D eigenvalue weighted by Gasteiger charge is 2.06. The maximum Gasteiger partial charge on any atom is 0.253 e. The van der Waals surface area contributed by atoms with Crippen LogP contribution in [0.3, 0.4) is 0 Å². The quantitative estimate of drug-likeness (QED) is 0.892. The molecule has 0 saturated heterocycles. The van der Waals surface area contributed by atoms with Crippen LogP contribution in [0.1, 0.15) is 15.9 Å². The lowest BCUT2D eigenvalue weighted by atomic mass is 10.2. The van der Waals surface area contributed by atoms with Gasteiger partial charge in [0, 0.05) is 31.1 Å². The molecule has 0 unspecified atom stereocenters. The van der Waals surface area contributed by atoms with Crippen LogP contribution in [0.5, 0.6) is 11.8 Å². The fourth-order valence-corrected chi connectivity index (χ4v) is 1.59. The second kappa shape index (κ2) is 6.51. The Morgan fingerprint density at radius 2 is 1.95 bits per heavy atom. The molecule has 2 aromatic heterocycles. The van der Waals surface area contributed by atoms with Gasteiger partial charge in [0.25, 0.3) is 5.91 Å². The third kappa shape index (κ3) is 3.44. The van der Waals surface area contributed by atoms with Crippen LogP contribution in [0.2, 0.25) is 0 Å². The van der Waals surface area contributed by atoms with Gasteiger partial charge in [-0.2, -0.15) is 0 Å². The van der Waals surface area contributed by atoms with Gasteiger partial charge in [-0.05, 0) is 17.7 Å². The van der Waals surface area contributed by atoms with Crippen molar-refractivity contribution in [3.8, 4) is 11.8 Å². The third-order valence-electron chi connectivity index (χ3n) is 2.67. The van der Waals surface area contributed by atoms with Crippen molar-refractivity contribution in [2.45, 2.75) is 6.54 Å². The van der Waals surface area contributed by atoms with Gasteiger partial charge in [0.1, 0.15) is 0 Å². The summed E-state index contributed by atoms with van der Waals surface area (Å²) >= 11 is 0. The van der Waals surface area contributed by atoms with E-state index in [4.69, 9.17) is 9.47 Å². The Labute approximate surface area is 116 Å². The van der Waals surface area contributed by atoms with Crippen molar-refractivity contribution in [2.24, 2.45) is 0 Å². The maximum absolute atomic E-state index is 11.9. The molecule has 1 amide bonds. The molecule has 0 aliphatic carbocycles. The predicted molar refractivity (Wildman–Crippen MR) is 72.7 cm³/mol. The van der Waals surface area contributed by atoms with Crippen LogP contribution in [0.25, 0.3) is 0 Å². The van der Waals surface area contributed by atoms with E-state index in [-0.39, 0.29) is 5.91 Å². The molecule has 0 saturated carbocycles. The van der Waals surface area contributed by atoms with Crippen molar-refractivity contribution < 1.29 is 14.3 Å². The molecule has 1 N–H and O–H groups in total. The number of aromatic nitrogens is 2. The number of methoxy groups -OCH3 is 2. The zero-order valence-electron chi connectivity index (χ0n) is 11.3. The molecule has 0 spiro atoms. The minimum absolute atomic E-state index is 0.198. The van der Waals surface area contributed by atoms with E-state index in [9.17, 15) is 4.79 Å². The molecule has 2 rings (SSSR count). The summed E-state index contributed by atoms with van der Waals surface area (Å²) in [6.07, 6.45) is 3.11. The number of nitrogens with one attached hydrogen (secondary N) is 1. The molecule has 0 aromatic carbocycles. The molecule has 6 heteroatoms. The molecule has 0 aliphatic rings. The monoisotopic (exact) mass is 273 g/mol. The summed E-state index contributed by atoms with van der Waals surface area (Å²) in [6, 6.07) is 6.89. The van der Waals surface area contributed by atoms with Gasteiger partial charge in [-0.25, -0.2) is 9.97 Å². The topological polar surface area (TPSA) is 73.3 Å². The average Bonchev–Trinajstić information content (AvgIpc) is 2.53. The molecule has 0 fully saturated rings. The van der Waals surface area contributed by atoms with Gasteiger partial charge in [-0.15, -0.1) is 0 Å². The Morgan fingerprint density at radius 3 is 2.60 bits per heavy atom. The summed E-state index contributed by atoms with van der Waals surface area (Å²) in [5.41, 5.74) is 1.39. The summed E-state index contributed by atoms with van der Waals surface area (Å²) in [5, 5.41) is 2.80. The number of carbonyl (C=O) groups is 1. The molecule has 6 nitrogen and oxygen atoms in total. The SMILES string of the molecule is COc1ccc(C(=O)NCc2ccnc(OC)c2)cn1. The summed E-state index contributed by atoms with van der Waals surface area (Å²) in [7, 11) is 3.08.